The first-order valence-corrected chi connectivity index (χ1v) is 10.7. The number of H-pyrrole nitrogens is 1. The second kappa shape index (κ2) is 7.09. The number of pyridine rings is 1. The van der Waals surface area contributed by atoms with Gasteiger partial charge in [-0.25, -0.2) is 14.3 Å². The minimum atomic E-state index is -0.00356. The highest BCUT2D eigenvalue weighted by Crippen LogP contribution is 2.31. The maximum absolute atomic E-state index is 12.9. The van der Waals surface area contributed by atoms with Crippen LogP contribution in [0.2, 0.25) is 0 Å². The van der Waals surface area contributed by atoms with E-state index in [1.54, 1.807) is 10.8 Å². The Morgan fingerprint density at radius 2 is 1.80 bits per heavy atom. The SMILES string of the molecule is Cc1cc(-c2cc(C)c3ncnn3c2)cc2[nH]c(=O)n(C3CCN(C(C)C)CC3)c12. The lowest BCUT2D eigenvalue weighted by molar-refractivity contribution is 0.152. The van der Waals surface area contributed by atoms with Gasteiger partial charge in [0.2, 0.25) is 0 Å². The van der Waals surface area contributed by atoms with Crippen LogP contribution in [0.4, 0.5) is 0 Å². The summed E-state index contributed by atoms with van der Waals surface area (Å²) in [6.07, 6.45) is 5.58. The van der Waals surface area contributed by atoms with E-state index < -0.39 is 0 Å². The Labute approximate surface area is 175 Å². The molecule has 1 fully saturated rings. The smallest absolute Gasteiger partial charge is 0.305 e. The summed E-state index contributed by atoms with van der Waals surface area (Å²) >= 11 is 0. The zero-order chi connectivity index (χ0) is 21.0. The van der Waals surface area contributed by atoms with Gasteiger partial charge in [-0.3, -0.25) is 4.57 Å². The lowest BCUT2D eigenvalue weighted by Crippen LogP contribution is -2.40. The Morgan fingerprint density at radius 3 is 2.53 bits per heavy atom. The molecule has 0 unspecified atom stereocenters. The van der Waals surface area contributed by atoms with Crippen molar-refractivity contribution in [2.75, 3.05) is 13.1 Å². The third kappa shape index (κ3) is 3.04. The van der Waals surface area contributed by atoms with Crippen LogP contribution in [0.5, 0.6) is 0 Å². The molecule has 7 nitrogen and oxygen atoms in total. The number of fused-ring (bicyclic) bond motifs is 2. The highest BCUT2D eigenvalue weighted by molar-refractivity contribution is 5.85. The Kier molecular flexibility index (Phi) is 4.50. The van der Waals surface area contributed by atoms with Crippen LogP contribution < -0.4 is 5.69 Å². The summed E-state index contributed by atoms with van der Waals surface area (Å²) in [5.74, 6) is 0. The second-order valence-corrected chi connectivity index (χ2v) is 8.79. The van der Waals surface area contributed by atoms with Gasteiger partial charge in [0.1, 0.15) is 6.33 Å². The number of aromatic nitrogens is 5. The fourth-order valence-electron chi connectivity index (χ4n) is 4.90. The number of aromatic amines is 1. The first-order chi connectivity index (χ1) is 14.4. The van der Waals surface area contributed by atoms with Gasteiger partial charge < -0.3 is 9.88 Å². The van der Waals surface area contributed by atoms with Crippen LogP contribution in [-0.2, 0) is 0 Å². The minimum Gasteiger partial charge on any atom is -0.305 e. The molecule has 0 spiro atoms. The van der Waals surface area contributed by atoms with Crippen LogP contribution in [0, 0.1) is 13.8 Å². The average molecular weight is 405 g/mol. The van der Waals surface area contributed by atoms with E-state index in [1.807, 2.05) is 17.7 Å². The summed E-state index contributed by atoms with van der Waals surface area (Å²) in [5.41, 5.74) is 7.12. The van der Waals surface area contributed by atoms with E-state index in [2.05, 4.69) is 58.9 Å². The van der Waals surface area contributed by atoms with Gasteiger partial charge in [-0.15, -0.1) is 0 Å². The highest BCUT2D eigenvalue weighted by Gasteiger charge is 2.25. The predicted octanol–water partition coefficient (Wildman–Crippen LogP) is 3.70. The molecule has 3 aromatic heterocycles. The van der Waals surface area contributed by atoms with E-state index >= 15 is 0 Å². The van der Waals surface area contributed by atoms with Crippen LogP contribution in [0.1, 0.15) is 43.9 Å². The molecule has 0 amide bonds. The van der Waals surface area contributed by atoms with E-state index in [0.717, 1.165) is 64.9 Å². The summed E-state index contributed by atoms with van der Waals surface area (Å²) < 4.78 is 3.80. The van der Waals surface area contributed by atoms with Crippen LogP contribution in [0.3, 0.4) is 0 Å². The van der Waals surface area contributed by atoms with E-state index in [1.165, 1.54) is 0 Å². The van der Waals surface area contributed by atoms with Crippen molar-refractivity contribution < 1.29 is 0 Å². The van der Waals surface area contributed by atoms with Gasteiger partial charge in [0.25, 0.3) is 0 Å². The minimum absolute atomic E-state index is 0.00356. The lowest BCUT2D eigenvalue weighted by atomic mass is 10.0. The first kappa shape index (κ1) is 19.1. The summed E-state index contributed by atoms with van der Waals surface area (Å²) in [5, 5.41) is 4.29. The standard InChI is InChI=1S/C23H28N6O/c1-14(2)27-7-5-19(6-8-27)29-21-15(3)9-17(11-20(21)26-23(29)30)18-10-16(4)22-24-13-25-28(22)12-18/h9-14,19H,5-8H2,1-4H3,(H,26,30). The lowest BCUT2D eigenvalue weighted by Gasteiger charge is -2.35. The van der Waals surface area contributed by atoms with Crippen LogP contribution >= 0.6 is 0 Å². The van der Waals surface area contributed by atoms with Crippen molar-refractivity contribution in [2.45, 2.75) is 52.6 Å². The Hall–Kier alpha value is -2.93. The molecule has 4 aromatic rings. The van der Waals surface area contributed by atoms with Gasteiger partial charge in [0.05, 0.1) is 11.0 Å². The zero-order valence-corrected chi connectivity index (χ0v) is 18.0. The van der Waals surface area contributed by atoms with Gasteiger partial charge in [-0.1, -0.05) is 0 Å². The zero-order valence-electron chi connectivity index (χ0n) is 18.0. The topological polar surface area (TPSA) is 71.2 Å². The van der Waals surface area contributed by atoms with Crippen molar-refractivity contribution in [1.82, 2.24) is 29.0 Å². The van der Waals surface area contributed by atoms with Crippen LogP contribution in [-0.4, -0.2) is 48.2 Å². The first-order valence-electron chi connectivity index (χ1n) is 10.7. The van der Waals surface area contributed by atoms with Gasteiger partial charge in [-0.05, 0) is 75.4 Å². The number of benzene rings is 1. The molecule has 1 aliphatic rings. The molecule has 0 saturated carbocycles. The average Bonchev–Trinajstić information content (AvgIpc) is 3.32. The summed E-state index contributed by atoms with van der Waals surface area (Å²) in [6, 6.07) is 7.19. The second-order valence-electron chi connectivity index (χ2n) is 8.79. The fraction of sp³-hybridized carbons (Fsp3) is 0.435. The van der Waals surface area contributed by atoms with Crippen LogP contribution in [0.15, 0.2) is 35.5 Å². The van der Waals surface area contributed by atoms with E-state index in [0.29, 0.717) is 6.04 Å². The molecule has 0 atom stereocenters. The molecule has 156 valence electrons. The molecule has 1 saturated heterocycles. The molecule has 4 heterocycles. The predicted molar refractivity (Wildman–Crippen MR) is 119 cm³/mol. The number of nitrogens with one attached hydrogen (secondary N) is 1. The normalized spacial score (nSPS) is 16.3. The van der Waals surface area contributed by atoms with E-state index in [-0.39, 0.29) is 11.7 Å². The van der Waals surface area contributed by atoms with Crippen molar-refractivity contribution >= 4 is 16.7 Å². The van der Waals surface area contributed by atoms with Gasteiger partial charge in [-0.2, -0.15) is 5.10 Å². The summed E-state index contributed by atoms with van der Waals surface area (Å²) in [7, 11) is 0. The largest absolute Gasteiger partial charge is 0.326 e. The molecular formula is C23H28N6O. The Bertz CT molecular complexity index is 1290. The quantitative estimate of drug-likeness (QED) is 0.565. The molecule has 1 aromatic carbocycles. The third-order valence-corrected chi connectivity index (χ3v) is 6.49. The van der Waals surface area contributed by atoms with Crippen molar-refractivity contribution in [1.29, 1.82) is 0 Å². The number of likely N-dealkylation sites (tertiary alicyclic amines) is 1. The van der Waals surface area contributed by atoms with Gasteiger partial charge in [0.15, 0.2) is 5.65 Å². The molecule has 0 bridgehead atoms. The monoisotopic (exact) mass is 404 g/mol. The number of hydrogen-bond acceptors (Lipinski definition) is 4. The van der Waals surface area contributed by atoms with Crippen molar-refractivity contribution in [2.24, 2.45) is 0 Å². The van der Waals surface area contributed by atoms with Gasteiger partial charge in [0, 0.05) is 36.9 Å². The maximum atomic E-state index is 12.9. The number of piperidine rings is 1. The molecule has 1 N–H and O–H groups in total. The Balaban J connectivity index is 1.56. The van der Waals surface area contributed by atoms with Gasteiger partial charge >= 0.3 is 5.69 Å². The number of imidazole rings is 1. The van der Waals surface area contributed by atoms with Crippen molar-refractivity contribution in [3.05, 3.63) is 52.3 Å². The number of rotatable bonds is 3. The number of aryl methyl sites for hydroxylation is 2. The Morgan fingerprint density at radius 1 is 1.07 bits per heavy atom. The van der Waals surface area contributed by atoms with Crippen molar-refractivity contribution in [3.63, 3.8) is 0 Å². The molecule has 0 aliphatic carbocycles. The van der Waals surface area contributed by atoms with Crippen molar-refractivity contribution in [3.8, 4) is 11.1 Å². The molecule has 7 heteroatoms. The summed E-state index contributed by atoms with van der Waals surface area (Å²) in [6.45, 7) is 10.7. The maximum Gasteiger partial charge on any atom is 0.326 e. The molecule has 0 radical (unpaired) electrons. The third-order valence-electron chi connectivity index (χ3n) is 6.49. The molecule has 30 heavy (non-hydrogen) atoms. The molecule has 5 rings (SSSR count). The highest BCUT2D eigenvalue weighted by atomic mass is 16.1. The van der Waals surface area contributed by atoms with E-state index in [9.17, 15) is 4.79 Å². The fourth-order valence-corrected chi connectivity index (χ4v) is 4.90. The number of nitrogens with zero attached hydrogens (tertiary/aromatic N) is 5. The summed E-state index contributed by atoms with van der Waals surface area (Å²) in [4.78, 5) is 22.8. The number of hydrogen-bond donors (Lipinski definition) is 1. The van der Waals surface area contributed by atoms with Crippen LogP contribution in [0.25, 0.3) is 27.8 Å². The molecular weight excluding hydrogens is 376 g/mol. The molecule has 1 aliphatic heterocycles. The van der Waals surface area contributed by atoms with E-state index in [4.69, 9.17) is 0 Å².